The molecule has 1 atom stereocenters. The van der Waals surface area contributed by atoms with Crippen molar-refractivity contribution in [2.75, 3.05) is 27.2 Å². The minimum atomic E-state index is -0.789. The number of carboxylic acid groups (broad SMARTS) is 1. The molecule has 1 saturated carbocycles. The Hall–Kier alpha value is -1.10. The summed E-state index contributed by atoms with van der Waals surface area (Å²) in [5.74, 6) is -0.745. The number of hydrogen-bond donors (Lipinski definition) is 1. The van der Waals surface area contributed by atoms with Gasteiger partial charge in [0.2, 0.25) is 5.91 Å². The molecule has 0 aromatic rings. The molecule has 5 nitrogen and oxygen atoms in total. The molecule has 1 heterocycles. The van der Waals surface area contributed by atoms with Gasteiger partial charge >= 0.3 is 5.97 Å². The normalized spacial score (nSPS) is 25.4. The topological polar surface area (TPSA) is 60.9 Å². The molecule has 114 valence electrons. The van der Waals surface area contributed by atoms with Crippen LogP contribution in [0.1, 0.15) is 44.9 Å². The summed E-state index contributed by atoms with van der Waals surface area (Å²) in [4.78, 5) is 28.1. The highest BCUT2D eigenvalue weighted by Crippen LogP contribution is 2.42. The predicted octanol–water partition coefficient (Wildman–Crippen LogP) is 1.57. The molecule has 20 heavy (non-hydrogen) atoms. The van der Waals surface area contributed by atoms with E-state index in [2.05, 4.69) is 4.90 Å². The maximum atomic E-state index is 12.5. The molecule has 0 bridgehead atoms. The van der Waals surface area contributed by atoms with E-state index in [0.717, 1.165) is 38.8 Å². The van der Waals surface area contributed by atoms with Crippen LogP contribution in [-0.4, -0.2) is 60.0 Å². The predicted molar refractivity (Wildman–Crippen MR) is 76.4 cm³/mol. The van der Waals surface area contributed by atoms with Gasteiger partial charge in [0, 0.05) is 25.6 Å². The molecule has 1 aliphatic heterocycles. The maximum absolute atomic E-state index is 12.5. The van der Waals surface area contributed by atoms with Crippen molar-refractivity contribution < 1.29 is 14.7 Å². The van der Waals surface area contributed by atoms with Gasteiger partial charge in [-0.2, -0.15) is 0 Å². The van der Waals surface area contributed by atoms with Gasteiger partial charge in [0.15, 0.2) is 0 Å². The monoisotopic (exact) mass is 282 g/mol. The van der Waals surface area contributed by atoms with E-state index in [9.17, 15) is 14.7 Å². The molecule has 2 rings (SSSR count). The van der Waals surface area contributed by atoms with Crippen LogP contribution >= 0.6 is 0 Å². The Kier molecular flexibility index (Phi) is 4.68. The Morgan fingerprint density at radius 2 is 1.90 bits per heavy atom. The highest BCUT2D eigenvalue weighted by Gasteiger charge is 2.44. The second kappa shape index (κ2) is 6.12. The molecular weight excluding hydrogens is 256 g/mol. The fraction of sp³-hybridized carbons (Fsp3) is 0.867. The van der Waals surface area contributed by atoms with Crippen LogP contribution < -0.4 is 0 Å². The van der Waals surface area contributed by atoms with E-state index in [0.29, 0.717) is 12.8 Å². The lowest BCUT2D eigenvalue weighted by Gasteiger charge is -2.31. The third-order valence-corrected chi connectivity index (χ3v) is 4.78. The number of amides is 1. The Labute approximate surface area is 120 Å². The molecule has 1 amide bonds. The third kappa shape index (κ3) is 3.14. The molecule has 0 aromatic heterocycles. The first-order valence-corrected chi connectivity index (χ1v) is 7.62. The van der Waals surface area contributed by atoms with Crippen molar-refractivity contribution in [3.8, 4) is 0 Å². The minimum absolute atomic E-state index is 0.0404. The summed E-state index contributed by atoms with van der Waals surface area (Å²) in [5, 5.41) is 9.49. The molecule has 1 saturated heterocycles. The number of carbonyl (C=O) groups is 2. The summed E-state index contributed by atoms with van der Waals surface area (Å²) < 4.78 is 0. The van der Waals surface area contributed by atoms with Crippen LogP contribution in [0.5, 0.6) is 0 Å². The molecule has 2 fully saturated rings. The standard InChI is InChI=1S/C15H26N2O3/c1-16(2)11-12-6-5-9-17(12)13(18)10-15(14(19)20)7-3-4-8-15/h12H,3-11H2,1-2H3,(H,19,20). The number of carboxylic acids is 1. The summed E-state index contributed by atoms with van der Waals surface area (Å²) in [6, 6.07) is 0.254. The molecule has 1 N–H and O–H groups in total. The first-order chi connectivity index (χ1) is 9.44. The zero-order valence-corrected chi connectivity index (χ0v) is 12.6. The van der Waals surface area contributed by atoms with Crippen molar-refractivity contribution in [3.63, 3.8) is 0 Å². The van der Waals surface area contributed by atoms with Crippen molar-refractivity contribution in [2.24, 2.45) is 5.41 Å². The van der Waals surface area contributed by atoms with Gasteiger partial charge in [-0.1, -0.05) is 12.8 Å². The van der Waals surface area contributed by atoms with Gasteiger partial charge in [-0.25, -0.2) is 0 Å². The van der Waals surface area contributed by atoms with Gasteiger partial charge in [-0.15, -0.1) is 0 Å². The van der Waals surface area contributed by atoms with Crippen LogP contribution in [0.2, 0.25) is 0 Å². The second-order valence-corrected chi connectivity index (χ2v) is 6.61. The van der Waals surface area contributed by atoms with Crippen molar-refractivity contribution in [1.29, 1.82) is 0 Å². The lowest BCUT2D eigenvalue weighted by atomic mass is 9.82. The number of likely N-dealkylation sites (tertiary alicyclic amines) is 1. The second-order valence-electron chi connectivity index (χ2n) is 6.61. The van der Waals surface area contributed by atoms with Crippen molar-refractivity contribution >= 4 is 11.9 Å². The summed E-state index contributed by atoms with van der Waals surface area (Å²) in [6.07, 6.45) is 5.42. The van der Waals surface area contributed by atoms with E-state index in [4.69, 9.17) is 0 Å². The Morgan fingerprint density at radius 3 is 2.45 bits per heavy atom. The van der Waals surface area contributed by atoms with Crippen LogP contribution in [0.4, 0.5) is 0 Å². The lowest BCUT2D eigenvalue weighted by Crippen LogP contribution is -2.44. The Balaban J connectivity index is 2.01. The lowest BCUT2D eigenvalue weighted by molar-refractivity contribution is -0.153. The van der Waals surface area contributed by atoms with Crippen molar-refractivity contribution in [3.05, 3.63) is 0 Å². The van der Waals surface area contributed by atoms with Crippen molar-refractivity contribution in [2.45, 2.75) is 51.0 Å². The minimum Gasteiger partial charge on any atom is -0.481 e. The van der Waals surface area contributed by atoms with E-state index in [1.807, 2.05) is 19.0 Å². The summed E-state index contributed by atoms with van der Waals surface area (Å²) in [7, 11) is 4.02. The van der Waals surface area contributed by atoms with E-state index in [1.165, 1.54) is 0 Å². The number of nitrogens with zero attached hydrogens (tertiary/aromatic N) is 2. The average Bonchev–Trinajstić information content (AvgIpc) is 2.98. The SMILES string of the molecule is CN(C)CC1CCCN1C(=O)CC1(C(=O)O)CCCC1. The van der Waals surface area contributed by atoms with E-state index >= 15 is 0 Å². The summed E-state index contributed by atoms with van der Waals surface area (Å²) in [5.41, 5.74) is -0.789. The van der Waals surface area contributed by atoms with Gasteiger partial charge in [0.25, 0.3) is 0 Å². The van der Waals surface area contributed by atoms with Gasteiger partial charge in [-0.05, 0) is 39.8 Å². The van der Waals surface area contributed by atoms with Gasteiger partial charge < -0.3 is 14.9 Å². The van der Waals surface area contributed by atoms with E-state index < -0.39 is 11.4 Å². The Bertz CT molecular complexity index is 375. The molecule has 0 spiro atoms. The molecule has 1 unspecified atom stereocenters. The highest BCUT2D eigenvalue weighted by molar-refractivity contribution is 5.85. The fourth-order valence-corrected chi connectivity index (χ4v) is 3.68. The van der Waals surface area contributed by atoms with E-state index in [1.54, 1.807) is 0 Å². The van der Waals surface area contributed by atoms with Crippen LogP contribution in [-0.2, 0) is 9.59 Å². The van der Waals surface area contributed by atoms with E-state index in [-0.39, 0.29) is 18.4 Å². The van der Waals surface area contributed by atoms with Gasteiger partial charge in [0.05, 0.1) is 5.41 Å². The first kappa shape index (κ1) is 15.3. The zero-order valence-electron chi connectivity index (χ0n) is 12.6. The molecule has 0 aromatic carbocycles. The largest absolute Gasteiger partial charge is 0.481 e. The number of hydrogen-bond acceptors (Lipinski definition) is 3. The number of aliphatic carboxylic acids is 1. The van der Waals surface area contributed by atoms with Gasteiger partial charge in [-0.3, -0.25) is 9.59 Å². The highest BCUT2D eigenvalue weighted by atomic mass is 16.4. The van der Waals surface area contributed by atoms with Crippen LogP contribution in [0.25, 0.3) is 0 Å². The summed E-state index contributed by atoms with van der Waals surface area (Å²) in [6.45, 7) is 1.65. The number of likely N-dealkylation sites (N-methyl/N-ethyl adjacent to an activating group) is 1. The summed E-state index contributed by atoms with van der Waals surface area (Å²) >= 11 is 0. The Morgan fingerprint density at radius 1 is 1.25 bits per heavy atom. The molecule has 1 aliphatic carbocycles. The molecular formula is C15H26N2O3. The quantitative estimate of drug-likeness (QED) is 0.831. The smallest absolute Gasteiger partial charge is 0.310 e. The third-order valence-electron chi connectivity index (χ3n) is 4.78. The maximum Gasteiger partial charge on any atom is 0.310 e. The molecule has 0 radical (unpaired) electrons. The first-order valence-electron chi connectivity index (χ1n) is 7.62. The fourth-order valence-electron chi connectivity index (χ4n) is 3.68. The van der Waals surface area contributed by atoms with Crippen LogP contribution in [0, 0.1) is 5.41 Å². The molecule has 5 heteroatoms. The van der Waals surface area contributed by atoms with Crippen LogP contribution in [0.15, 0.2) is 0 Å². The number of carbonyl (C=O) groups excluding carboxylic acids is 1. The molecule has 2 aliphatic rings. The number of rotatable bonds is 5. The van der Waals surface area contributed by atoms with Crippen LogP contribution in [0.3, 0.4) is 0 Å². The van der Waals surface area contributed by atoms with Gasteiger partial charge in [0.1, 0.15) is 0 Å². The van der Waals surface area contributed by atoms with Crippen molar-refractivity contribution in [1.82, 2.24) is 9.80 Å². The zero-order chi connectivity index (χ0) is 14.8. The average molecular weight is 282 g/mol.